The monoisotopic (exact) mass is 373 g/mol. The van der Waals surface area contributed by atoms with Gasteiger partial charge in [-0.3, -0.25) is 4.99 Å². The summed E-state index contributed by atoms with van der Waals surface area (Å²) in [6, 6.07) is 3.83. The summed E-state index contributed by atoms with van der Waals surface area (Å²) < 4.78 is 27.5. The quantitative estimate of drug-likeness (QED) is 0.714. The molecule has 0 aromatic heterocycles. The van der Waals surface area contributed by atoms with Gasteiger partial charge in [0.25, 0.3) is 0 Å². The van der Waals surface area contributed by atoms with Crippen LogP contribution in [0.2, 0.25) is 0 Å². The maximum Gasteiger partial charge on any atom is 0.341 e. The molecule has 1 aromatic carbocycles. The van der Waals surface area contributed by atoms with Gasteiger partial charge in [-0.05, 0) is 49.1 Å². The summed E-state index contributed by atoms with van der Waals surface area (Å²) in [6.07, 6.45) is 4.58. The highest BCUT2D eigenvalue weighted by Gasteiger charge is 2.30. The normalized spacial score (nSPS) is 20.3. The van der Waals surface area contributed by atoms with Crippen molar-refractivity contribution in [2.45, 2.75) is 32.7 Å². The first-order valence-corrected chi connectivity index (χ1v) is 8.36. The summed E-state index contributed by atoms with van der Waals surface area (Å²) in [7, 11) is 0. The van der Waals surface area contributed by atoms with Crippen molar-refractivity contribution in [1.82, 2.24) is 0 Å². The van der Waals surface area contributed by atoms with Crippen molar-refractivity contribution >= 4 is 17.8 Å². The van der Waals surface area contributed by atoms with Gasteiger partial charge in [0.05, 0.1) is 5.54 Å². The van der Waals surface area contributed by atoms with Gasteiger partial charge in [0.2, 0.25) is 0 Å². The third-order valence-electron chi connectivity index (χ3n) is 4.65. The number of rotatable bonds is 5. The van der Waals surface area contributed by atoms with Crippen LogP contribution in [0.3, 0.4) is 0 Å². The van der Waals surface area contributed by atoms with Crippen LogP contribution in [0.15, 0.2) is 64.4 Å². The lowest BCUT2D eigenvalue weighted by molar-refractivity contribution is -0.132. The highest BCUT2D eigenvalue weighted by Crippen LogP contribution is 2.35. The molecule has 1 heterocycles. The Morgan fingerprint density at radius 3 is 2.63 bits per heavy atom. The van der Waals surface area contributed by atoms with Crippen molar-refractivity contribution in [3.8, 4) is 0 Å². The highest BCUT2D eigenvalue weighted by molar-refractivity contribution is 6.09. The molecular weight excluding hydrogens is 352 g/mol. The molecule has 4 nitrogen and oxygen atoms in total. The number of nitrogens with zero attached hydrogens (tertiary/aromatic N) is 1. The lowest BCUT2D eigenvalue weighted by Gasteiger charge is -2.27. The summed E-state index contributed by atoms with van der Waals surface area (Å²) in [5, 5.41) is 19.4. The first kappa shape index (κ1) is 20.3. The van der Waals surface area contributed by atoms with E-state index in [1.165, 1.54) is 18.2 Å². The summed E-state index contributed by atoms with van der Waals surface area (Å²) in [6.45, 7) is 9.20. The van der Waals surface area contributed by atoms with Gasteiger partial charge in [-0.1, -0.05) is 31.7 Å². The number of allylic oxidation sites excluding steroid dienone is 3. The molecular formula is C21H21F2NO3. The average Bonchev–Trinajstić information content (AvgIpc) is 2.74. The van der Waals surface area contributed by atoms with Crippen LogP contribution in [0.1, 0.15) is 32.8 Å². The molecule has 0 saturated heterocycles. The third-order valence-corrected chi connectivity index (χ3v) is 4.65. The van der Waals surface area contributed by atoms with Crippen LogP contribution in [0.25, 0.3) is 5.57 Å². The van der Waals surface area contributed by atoms with Gasteiger partial charge in [0.1, 0.15) is 11.3 Å². The summed E-state index contributed by atoms with van der Waals surface area (Å²) in [5.74, 6) is -3.68. The van der Waals surface area contributed by atoms with Crippen LogP contribution >= 0.6 is 0 Å². The van der Waals surface area contributed by atoms with E-state index < -0.39 is 28.9 Å². The number of benzene rings is 1. The Bertz CT molecular complexity index is 925. The third kappa shape index (κ3) is 4.05. The summed E-state index contributed by atoms with van der Waals surface area (Å²) in [5.41, 5.74) is 0.325. The van der Waals surface area contributed by atoms with Crippen molar-refractivity contribution in [2.75, 3.05) is 0 Å². The second kappa shape index (κ2) is 7.70. The lowest BCUT2D eigenvalue weighted by atomic mass is 9.84. The molecule has 27 heavy (non-hydrogen) atoms. The first-order chi connectivity index (χ1) is 12.6. The number of aliphatic hydroxyl groups is 1. The van der Waals surface area contributed by atoms with Crippen LogP contribution in [0.4, 0.5) is 8.78 Å². The van der Waals surface area contributed by atoms with Crippen molar-refractivity contribution in [3.05, 3.63) is 76.6 Å². The Hall–Kier alpha value is -3.02. The van der Waals surface area contributed by atoms with E-state index in [2.05, 4.69) is 11.6 Å². The Morgan fingerprint density at radius 2 is 2.04 bits per heavy atom. The zero-order valence-electron chi connectivity index (χ0n) is 15.4. The fraction of sp³-hybridized carbons (Fsp3) is 0.238. The average molecular weight is 373 g/mol. The molecule has 0 radical (unpaired) electrons. The molecule has 1 atom stereocenters. The van der Waals surface area contributed by atoms with Crippen LogP contribution < -0.4 is 0 Å². The molecule has 1 aromatic rings. The summed E-state index contributed by atoms with van der Waals surface area (Å²) in [4.78, 5) is 15.6. The maximum atomic E-state index is 14.0. The topological polar surface area (TPSA) is 69.9 Å². The van der Waals surface area contributed by atoms with E-state index in [4.69, 9.17) is 0 Å². The van der Waals surface area contributed by atoms with Gasteiger partial charge in [0.15, 0.2) is 11.6 Å². The Labute approximate surface area is 156 Å². The minimum Gasteiger partial charge on any atom is -0.507 e. The minimum atomic E-state index is -1.29. The highest BCUT2D eigenvalue weighted by atomic mass is 19.2. The number of carbonyl (C=O) groups is 1. The minimum absolute atomic E-state index is 0.0243. The molecule has 1 aliphatic heterocycles. The summed E-state index contributed by atoms with van der Waals surface area (Å²) >= 11 is 0. The predicted octanol–water partition coefficient (Wildman–Crippen LogP) is 5.00. The van der Waals surface area contributed by atoms with Crippen molar-refractivity contribution in [3.63, 3.8) is 0 Å². The number of carboxylic acid groups (broad SMARTS) is 1. The molecule has 0 saturated carbocycles. The number of aliphatic hydroxyl groups excluding tert-OH is 1. The molecule has 1 unspecified atom stereocenters. The van der Waals surface area contributed by atoms with Crippen LogP contribution in [0.5, 0.6) is 0 Å². The van der Waals surface area contributed by atoms with Gasteiger partial charge in [0, 0.05) is 11.8 Å². The van der Waals surface area contributed by atoms with E-state index in [-0.39, 0.29) is 16.7 Å². The Kier molecular flexibility index (Phi) is 5.78. The first-order valence-electron chi connectivity index (χ1n) is 8.36. The SMILES string of the molecule is C=C(/C=C(\C)C1=CC(O)=C(C(=O)O)C=NC1(C)CC)c1cccc(F)c1F. The zero-order chi connectivity index (χ0) is 20.4. The molecule has 0 fully saturated rings. The molecule has 1 aliphatic rings. The second-order valence-electron chi connectivity index (χ2n) is 6.50. The Balaban J connectivity index is 2.55. The fourth-order valence-electron chi connectivity index (χ4n) is 2.87. The van der Waals surface area contributed by atoms with E-state index in [1.807, 2.05) is 6.92 Å². The molecule has 0 amide bonds. The van der Waals surface area contributed by atoms with E-state index in [0.717, 1.165) is 12.3 Å². The number of hydrogen-bond donors (Lipinski definition) is 2. The van der Waals surface area contributed by atoms with Gasteiger partial charge in [-0.15, -0.1) is 0 Å². The van der Waals surface area contributed by atoms with E-state index in [9.17, 15) is 23.8 Å². The number of aliphatic carboxylic acids is 1. The van der Waals surface area contributed by atoms with Crippen molar-refractivity contribution in [1.29, 1.82) is 0 Å². The van der Waals surface area contributed by atoms with Crippen molar-refractivity contribution < 1.29 is 23.8 Å². The van der Waals surface area contributed by atoms with Crippen molar-refractivity contribution in [2.24, 2.45) is 4.99 Å². The zero-order valence-corrected chi connectivity index (χ0v) is 15.4. The molecule has 2 rings (SSSR count). The van der Waals surface area contributed by atoms with Crippen LogP contribution in [-0.4, -0.2) is 27.9 Å². The standard InChI is InChI=1S/C21H21F2NO3/c1-5-21(4)16(10-18(25)15(11-24-21)20(26)27)13(3)9-12(2)14-7-6-8-17(22)19(14)23/h6-11,25H,2,5H2,1,3-4H3,(H,26,27)/b13-9+. The van der Waals surface area contributed by atoms with E-state index in [1.54, 1.807) is 19.9 Å². The fourth-order valence-corrected chi connectivity index (χ4v) is 2.87. The molecule has 0 bridgehead atoms. The number of carboxylic acids is 1. The van der Waals surface area contributed by atoms with Gasteiger partial charge in [-0.2, -0.15) is 0 Å². The van der Waals surface area contributed by atoms with Crippen LogP contribution in [-0.2, 0) is 4.79 Å². The Morgan fingerprint density at radius 1 is 1.37 bits per heavy atom. The van der Waals surface area contributed by atoms with Gasteiger partial charge in [-0.25, -0.2) is 13.6 Å². The lowest BCUT2D eigenvalue weighted by Crippen LogP contribution is -2.24. The van der Waals surface area contributed by atoms with E-state index in [0.29, 0.717) is 17.6 Å². The predicted molar refractivity (Wildman–Crippen MR) is 102 cm³/mol. The van der Waals surface area contributed by atoms with E-state index >= 15 is 0 Å². The molecule has 6 heteroatoms. The number of hydrogen-bond acceptors (Lipinski definition) is 3. The smallest absolute Gasteiger partial charge is 0.341 e. The maximum absolute atomic E-state index is 14.0. The number of aliphatic imine (C=N–C) groups is 1. The molecule has 2 N–H and O–H groups in total. The largest absolute Gasteiger partial charge is 0.507 e. The second-order valence-corrected chi connectivity index (χ2v) is 6.50. The van der Waals surface area contributed by atoms with Crippen LogP contribution in [0, 0.1) is 11.6 Å². The molecule has 0 aliphatic carbocycles. The van der Waals surface area contributed by atoms with Gasteiger partial charge < -0.3 is 10.2 Å². The van der Waals surface area contributed by atoms with Gasteiger partial charge >= 0.3 is 5.97 Å². The molecule has 0 spiro atoms. The number of halogens is 2. The molecule has 142 valence electrons.